The second kappa shape index (κ2) is 9.39. The van der Waals surface area contributed by atoms with Gasteiger partial charge in [-0.1, -0.05) is 25.4 Å². The summed E-state index contributed by atoms with van der Waals surface area (Å²) < 4.78 is 65.0. The molecule has 0 aliphatic rings. The van der Waals surface area contributed by atoms with Crippen molar-refractivity contribution in [2.75, 3.05) is 6.61 Å². The lowest BCUT2D eigenvalue weighted by molar-refractivity contribution is -0.144. The molecular formula is C19H19ClF4N2O4S. The number of nitrogens with zero attached hydrogens (tertiary/aromatic N) is 2. The van der Waals surface area contributed by atoms with Gasteiger partial charge < -0.3 is 9.47 Å². The third kappa shape index (κ3) is 5.65. The average Bonchev–Trinajstić information content (AvgIpc) is 2.65. The molecule has 0 saturated carbocycles. The van der Waals surface area contributed by atoms with Gasteiger partial charge in [-0.2, -0.15) is 13.2 Å². The lowest BCUT2D eigenvalue weighted by Crippen LogP contribution is -2.41. The maximum atomic E-state index is 14.5. The molecule has 0 spiro atoms. The number of thiocarbonyl (C=S) groups is 1. The zero-order valence-electron chi connectivity index (χ0n) is 16.9. The predicted molar refractivity (Wildman–Crippen MR) is 111 cm³/mol. The van der Waals surface area contributed by atoms with Gasteiger partial charge in [0.1, 0.15) is 17.3 Å². The molecule has 0 amide bonds. The Morgan fingerprint density at radius 1 is 1.19 bits per heavy atom. The molecule has 6 nitrogen and oxygen atoms in total. The number of aromatic nitrogens is 2. The Balaban J connectivity index is 2.51. The number of benzene rings is 1. The highest BCUT2D eigenvalue weighted by molar-refractivity contribution is 7.80. The van der Waals surface area contributed by atoms with Crippen LogP contribution < -0.4 is 16.0 Å². The fraction of sp³-hybridized carbons (Fsp3) is 0.421. The van der Waals surface area contributed by atoms with Gasteiger partial charge >= 0.3 is 11.9 Å². The van der Waals surface area contributed by atoms with E-state index >= 15 is 0 Å². The van der Waals surface area contributed by atoms with Gasteiger partial charge in [-0.3, -0.25) is 9.36 Å². The first kappa shape index (κ1) is 24.9. The Hall–Kier alpha value is -2.40. The summed E-state index contributed by atoms with van der Waals surface area (Å²) in [5.74, 6) is -1.05. The van der Waals surface area contributed by atoms with Gasteiger partial charge in [0.15, 0.2) is 6.10 Å². The smallest absolute Gasteiger partial charge is 0.431 e. The van der Waals surface area contributed by atoms with E-state index in [0.29, 0.717) is 6.61 Å². The van der Waals surface area contributed by atoms with Crippen LogP contribution in [-0.2, 0) is 18.0 Å². The highest BCUT2D eigenvalue weighted by Gasteiger charge is 2.35. The Morgan fingerprint density at radius 2 is 1.81 bits per heavy atom. The normalized spacial score (nSPS) is 12.7. The van der Waals surface area contributed by atoms with Crippen LogP contribution in [0.4, 0.5) is 17.6 Å². The van der Waals surface area contributed by atoms with Gasteiger partial charge in [-0.15, -0.1) is 0 Å². The van der Waals surface area contributed by atoms with Gasteiger partial charge in [0.05, 0.1) is 17.3 Å². The van der Waals surface area contributed by atoms with E-state index in [1.165, 1.54) is 0 Å². The summed E-state index contributed by atoms with van der Waals surface area (Å²) in [6, 6.07) is 1.92. The molecule has 1 atom stereocenters. The fourth-order valence-corrected chi connectivity index (χ4v) is 2.82. The topological polar surface area (TPSA) is 62.5 Å². The molecule has 1 aromatic heterocycles. The summed E-state index contributed by atoms with van der Waals surface area (Å²) in [5, 5.41) is -0.102. The summed E-state index contributed by atoms with van der Waals surface area (Å²) in [4.78, 5) is 24.7. The molecule has 0 aliphatic heterocycles. The monoisotopic (exact) mass is 482 g/mol. The van der Waals surface area contributed by atoms with Crippen LogP contribution in [0.3, 0.4) is 0 Å². The molecule has 0 unspecified atom stereocenters. The lowest BCUT2D eigenvalue weighted by Gasteiger charge is -2.19. The second-order valence-electron chi connectivity index (χ2n) is 7.06. The first-order valence-electron chi connectivity index (χ1n) is 8.97. The minimum atomic E-state index is -4.94. The van der Waals surface area contributed by atoms with E-state index in [1.54, 1.807) is 6.92 Å². The van der Waals surface area contributed by atoms with Crippen molar-refractivity contribution in [2.45, 2.75) is 33.1 Å². The van der Waals surface area contributed by atoms with Gasteiger partial charge in [0.25, 0.3) is 5.56 Å². The number of alkyl halides is 3. The third-order valence-electron chi connectivity index (χ3n) is 4.05. The van der Waals surface area contributed by atoms with E-state index in [4.69, 9.17) is 33.3 Å². The Kier molecular flexibility index (Phi) is 7.53. The molecule has 170 valence electrons. The number of hydrogen-bond donors (Lipinski definition) is 0. The van der Waals surface area contributed by atoms with Gasteiger partial charge in [-0.25, -0.2) is 13.8 Å². The Bertz CT molecular complexity index is 1110. The maximum Gasteiger partial charge on any atom is 0.431 e. The first-order valence-corrected chi connectivity index (χ1v) is 9.75. The molecule has 0 N–H and O–H groups in total. The Labute approximate surface area is 185 Å². The standard InChI is InChI=1S/C19H19ClF4N2O4S/c1-9(2)8-29-17(31)10(3)30-14-6-13(12(21)5-11(14)20)26-16(27)7-15(19(22,23)24)25(4)18(26)28/h5-7,9-10H,8H2,1-4H3/t10-/m1/s1. The number of halogens is 5. The molecule has 2 rings (SSSR count). The van der Waals surface area contributed by atoms with Crippen molar-refractivity contribution >= 4 is 28.9 Å². The number of hydrogen-bond acceptors (Lipinski definition) is 5. The minimum absolute atomic E-state index is 0.0956. The van der Waals surface area contributed by atoms with Gasteiger partial charge in [-0.05, 0) is 31.1 Å². The summed E-state index contributed by atoms with van der Waals surface area (Å²) >= 11 is 11.1. The van der Waals surface area contributed by atoms with Crippen LogP contribution in [0, 0.1) is 11.7 Å². The van der Waals surface area contributed by atoms with Crippen LogP contribution in [0.15, 0.2) is 27.8 Å². The molecule has 0 saturated heterocycles. The molecule has 0 aliphatic carbocycles. The van der Waals surface area contributed by atoms with Crippen molar-refractivity contribution in [3.8, 4) is 11.4 Å². The van der Waals surface area contributed by atoms with Gasteiger partial charge in [0, 0.05) is 19.2 Å². The average molecular weight is 483 g/mol. The van der Waals surface area contributed by atoms with Crippen molar-refractivity contribution in [3.05, 3.63) is 55.6 Å². The SMILES string of the molecule is CC(C)COC(=S)[C@@H](C)Oc1cc(-n2c(=O)cc(C(F)(F)F)n(C)c2=O)c(F)cc1Cl. The zero-order valence-corrected chi connectivity index (χ0v) is 18.5. The molecule has 0 fully saturated rings. The van der Waals surface area contributed by atoms with E-state index in [1.807, 2.05) is 13.8 Å². The van der Waals surface area contributed by atoms with Crippen molar-refractivity contribution in [1.82, 2.24) is 9.13 Å². The van der Waals surface area contributed by atoms with Crippen molar-refractivity contribution in [2.24, 2.45) is 13.0 Å². The van der Waals surface area contributed by atoms with Crippen molar-refractivity contribution in [3.63, 3.8) is 0 Å². The fourth-order valence-electron chi connectivity index (χ4n) is 2.50. The molecule has 1 heterocycles. The second-order valence-corrected chi connectivity index (χ2v) is 7.87. The van der Waals surface area contributed by atoms with E-state index in [-0.39, 0.29) is 36.9 Å². The lowest BCUT2D eigenvalue weighted by atomic mass is 10.2. The molecule has 0 bridgehead atoms. The molecular weight excluding hydrogens is 464 g/mol. The van der Waals surface area contributed by atoms with E-state index in [0.717, 1.165) is 19.2 Å². The molecule has 0 radical (unpaired) electrons. The number of ether oxygens (including phenoxy) is 2. The van der Waals surface area contributed by atoms with Crippen LogP contribution in [-0.4, -0.2) is 26.9 Å². The summed E-state index contributed by atoms with van der Waals surface area (Å²) in [6.07, 6.45) is -5.75. The van der Waals surface area contributed by atoms with E-state index in [2.05, 4.69) is 0 Å². The van der Waals surface area contributed by atoms with Crippen LogP contribution >= 0.6 is 23.8 Å². The number of rotatable bonds is 6. The third-order valence-corrected chi connectivity index (χ3v) is 4.79. The summed E-state index contributed by atoms with van der Waals surface area (Å²) in [5.41, 5.74) is -4.85. The molecule has 1 aromatic carbocycles. The quantitative estimate of drug-likeness (QED) is 0.458. The minimum Gasteiger partial charge on any atom is -0.483 e. The zero-order chi connectivity index (χ0) is 23.7. The highest BCUT2D eigenvalue weighted by Crippen LogP contribution is 2.31. The highest BCUT2D eigenvalue weighted by atomic mass is 35.5. The van der Waals surface area contributed by atoms with E-state index in [9.17, 15) is 27.2 Å². The van der Waals surface area contributed by atoms with Crippen LogP contribution in [0.5, 0.6) is 5.75 Å². The van der Waals surface area contributed by atoms with Crippen LogP contribution in [0.25, 0.3) is 5.69 Å². The predicted octanol–water partition coefficient (Wildman–Crippen LogP) is 4.11. The molecule has 31 heavy (non-hydrogen) atoms. The summed E-state index contributed by atoms with van der Waals surface area (Å²) in [6.45, 7) is 5.72. The molecule has 12 heteroatoms. The van der Waals surface area contributed by atoms with Crippen molar-refractivity contribution in [1.29, 1.82) is 0 Å². The Morgan fingerprint density at radius 3 is 2.35 bits per heavy atom. The largest absolute Gasteiger partial charge is 0.483 e. The maximum absolute atomic E-state index is 14.5. The van der Waals surface area contributed by atoms with E-state index < -0.39 is 40.7 Å². The summed E-state index contributed by atoms with van der Waals surface area (Å²) in [7, 11) is 0.818. The van der Waals surface area contributed by atoms with Gasteiger partial charge in [0.2, 0.25) is 5.05 Å². The molecule has 2 aromatic rings. The van der Waals surface area contributed by atoms with Crippen LogP contribution in [0.2, 0.25) is 5.02 Å². The van der Waals surface area contributed by atoms with Crippen LogP contribution in [0.1, 0.15) is 26.5 Å². The van der Waals surface area contributed by atoms with Crippen molar-refractivity contribution < 1.29 is 27.0 Å². The first-order chi connectivity index (χ1) is 14.2.